The number of rotatable bonds is 4. The standard InChI is InChI=1S/C19H15N5O2/c1-26-16-9-5-4-8-15(16)21-18(25)11-10-17-22-23-19-14-7-3-2-6-13(14)12-20-24(17)19/h2-12H,1H3,(H,21,25). The Hall–Kier alpha value is -3.74. The van der Waals surface area contributed by atoms with Gasteiger partial charge in [-0.2, -0.15) is 9.61 Å². The SMILES string of the molecule is COc1ccccc1NC(=O)C=Cc1nnc2c3ccccc3cnn12. The number of anilines is 1. The number of ether oxygens (including phenoxy) is 1. The topological polar surface area (TPSA) is 81.4 Å². The van der Waals surface area contributed by atoms with Crippen LogP contribution in [0.5, 0.6) is 5.75 Å². The van der Waals surface area contributed by atoms with Crippen LogP contribution in [0.25, 0.3) is 22.5 Å². The molecule has 0 radical (unpaired) electrons. The molecule has 7 nitrogen and oxygen atoms in total. The molecule has 0 aliphatic carbocycles. The van der Waals surface area contributed by atoms with Gasteiger partial charge in [-0.1, -0.05) is 36.4 Å². The van der Waals surface area contributed by atoms with E-state index < -0.39 is 0 Å². The first kappa shape index (κ1) is 15.8. The maximum atomic E-state index is 12.2. The molecule has 128 valence electrons. The highest BCUT2D eigenvalue weighted by molar-refractivity contribution is 6.02. The molecule has 0 saturated carbocycles. The summed E-state index contributed by atoms with van der Waals surface area (Å²) in [6.07, 6.45) is 4.71. The lowest BCUT2D eigenvalue weighted by Crippen LogP contribution is -2.09. The lowest BCUT2D eigenvalue weighted by molar-refractivity contribution is -0.111. The zero-order chi connectivity index (χ0) is 17.9. The average Bonchev–Trinajstić information content (AvgIpc) is 3.10. The predicted octanol–water partition coefficient (Wildman–Crippen LogP) is 2.94. The Morgan fingerprint density at radius 2 is 1.92 bits per heavy atom. The fourth-order valence-corrected chi connectivity index (χ4v) is 2.68. The van der Waals surface area contributed by atoms with E-state index in [1.54, 1.807) is 36.0 Å². The Morgan fingerprint density at radius 1 is 1.12 bits per heavy atom. The van der Waals surface area contributed by atoms with Gasteiger partial charge in [-0.05, 0) is 18.2 Å². The van der Waals surface area contributed by atoms with Gasteiger partial charge in [0.1, 0.15) is 5.75 Å². The number of hydrogen-bond acceptors (Lipinski definition) is 5. The summed E-state index contributed by atoms with van der Waals surface area (Å²) in [5.74, 6) is 0.767. The van der Waals surface area contributed by atoms with Crippen molar-refractivity contribution in [1.29, 1.82) is 0 Å². The van der Waals surface area contributed by atoms with E-state index in [4.69, 9.17) is 4.74 Å². The van der Waals surface area contributed by atoms with E-state index in [-0.39, 0.29) is 5.91 Å². The monoisotopic (exact) mass is 345 g/mol. The third-order valence-corrected chi connectivity index (χ3v) is 3.93. The first-order valence-electron chi connectivity index (χ1n) is 7.97. The molecule has 0 aliphatic heterocycles. The van der Waals surface area contributed by atoms with Crippen molar-refractivity contribution in [1.82, 2.24) is 19.8 Å². The molecular formula is C19H15N5O2. The summed E-state index contributed by atoms with van der Waals surface area (Å²) < 4.78 is 6.83. The molecule has 2 aromatic carbocycles. The van der Waals surface area contributed by atoms with Gasteiger partial charge in [-0.3, -0.25) is 4.79 Å². The van der Waals surface area contributed by atoms with Crippen LogP contribution in [0.3, 0.4) is 0 Å². The van der Waals surface area contributed by atoms with Crippen molar-refractivity contribution in [2.45, 2.75) is 0 Å². The zero-order valence-corrected chi connectivity index (χ0v) is 14.0. The minimum Gasteiger partial charge on any atom is -0.495 e. The third-order valence-electron chi connectivity index (χ3n) is 3.93. The second kappa shape index (κ2) is 6.64. The second-order valence-electron chi connectivity index (χ2n) is 5.55. The molecule has 2 aromatic heterocycles. The first-order chi connectivity index (χ1) is 12.8. The minimum absolute atomic E-state index is 0.299. The van der Waals surface area contributed by atoms with Gasteiger partial charge in [0.15, 0.2) is 11.5 Å². The van der Waals surface area contributed by atoms with Crippen LogP contribution in [0.1, 0.15) is 5.82 Å². The summed E-state index contributed by atoms with van der Waals surface area (Å²) in [5, 5.41) is 17.4. The number of amides is 1. The molecule has 26 heavy (non-hydrogen) atoms. The Balaban J connectivity index is 1.60. The van der Waals surface area contributed by atoms with E-state index in [2.05, 4.69) is 20.6 Å². The summed E-state index contributed by atoms with van der Waals surface area (Å²) in [6.45, 7) is 0. The number of fused-ring (bicyclic) bond motifs is 3. The van der Waals surface area contributed by atoms with Crippen LogP contribution in [-0.4, -0.2) is 32.8 Å². The first-order valence-corrected chi connectivity index (χ1v) is 7.97. The molecule has 1 amide bonds. The molecular weight excluding hydrogens is 330 g/mol. The number of carbonyl (C=O) groups is 1. The Labute approximate surface area is 148 Å². The highest BCUT2D eigenvalue weighted by Crippen LogP contribution is 2.23. The molecule has 0 atom stereocenters. The molecule has 0 spiro atoms. The maximum Gasteiger partial charge on any atom is 0.248 e. The van der Waals surface area contributed by atoms with Gasteiger partial charge in [0.05, 0.1) is 19.0 Å². The molecule has 4 rings (SSSR count). The molecule has 2 heterocycles. The Morgan fingerprint density at radius 3 is 2.81 bits per heavy atom. The van der Waals surface area contributed by atoms with Crippen LogP contribution in [0.4, 0.5) is 5.69 Å². The summed E-state index contributed by atoms with van der Waals surface area (Å²) in [7, 11) is 1.55. The summed E-state index contributed by atoms with van der Waals surface area (Å²) in [4.78, 5) is 12.2. The van der Waals surface area contributed by atoms with Gasteiger partial charge in [-0.25, -0.2) is 0 Å². The molecule has 0 saturated heterocycles. The Bertz CT molecular complexity index is 1130. The highest BCUT2D eigenvalue weighted by Gasteiger charge is 2.09. The quantitative estimate of drug-likeness (QED) is 0.575. The third kappa shape index (κ3) is 2.86. The van der Waals surface area contributed by atoms with Gasteiger partial charge in [0, 0.05) is 16.8 Å². The summed E-state index contributed by atoms with van der Waals surface area (Å²) in [5.41, 5.74) is 1.24. The number of methoxy groups -OCH3 is 1. The van der Waals surface area contributed by atoms with Crippen molar-refractivity contribution in [2.75, 3.05) is 12.4 Å². The molecule has 1 N–H and O–H groups in total. The van der Waals surface area contributed by atoms with Gasteiger partial charge in [0.2, 0.25) is 5.91 Å². The minimum atomic E-state index is -0.299. The van der Waals surface area contributed by atoms with E-state index in [0.29, 0.717) is 22.9 Å². The highest BCUT2D eigenvalue weighted by atomic mass is 16.5. The van der Waals surface area contributed by atoms with E-state index in [9.17, 15) is 4.79 Å². The van der Waals surface area contributed by atoms with Gasteiger partial charge in [-0.15, -0.1) is 10.2 Å². The largest absolute Gasteiger partial charge is 0.495 e. The van der Waals surface area contributed by atoms with Crippen LogP contribution in [0, 0.1) is 0 Å². The van der Waals surface area contributed by atoms with Gasteiger partial charge in [0.25, 0.3) is 0 Å². The normalized spacial score (nSPS) is 11.3. The van der Waals surface area contributed by atoms with Gasteiger partial charge >= 0.3 is 0 Å². The lowest BCUT2D eigenvalue weighted by atomic mass is 10.2. The molecule has 0 unspecified atom stereocenters. The number of nitrogens with zero attached hydrogens (tertiary/aromatic N) is 4. The van der Waals surface area contributed by atoms with Crippen LogP contribution in [-0.2, 0) is 4.79 Å². The molecule has 0 fully saturated rings. The van der Waals surface area contributed by atoms with E-state index in [1.165, 1.54) is 6.08 Å². The smallest absolute Gasteiger partial charge is 0.248 e. The average molecular weight is 345 g/mol. The van der Waals surface area contributed by atoms with Crippen molar-refractivity contribution < 1.29 is 9.53 Å². The van der Waals surface area contributed by atoms with Crippen molar-refractivity contribution in [3.8, 4) is 5.75 Å². The lowest BCUT2D eigenvalue weighted by Gasteiger charge is -2.07. The number of aromatic nitrogens is 4. The van der Waals surface area contributed by atoms with Crippen LogP contribution < -0.4 is 10.1 Å². The van der Waals surface area contributed by atoms with E-state index >= 15 is 0 Å². The Kier molecular flexibility index (Phi) is 4.03. The molecule has 0 bridgehead atoms. The zero-order valence-electron chi connectivity index (χ0n) is 14.0. The van der Waals surface area contributed by atoms with Crippen LogP contribution in [0.2, 0.25) is 0 Å². The van der Waals surface area contributed by atoms with Gasteiger partial charge < -0.3 is 10.1 Å². The fraction of sp³-hybridized carbons (Fsp3) is 0.0526. The molecule has 4 aromatic rings. The van der Waals surface area contributed by atoms with Crippen molar-refractivity contribution >= 4 is 34.1 Å². The van der Waals surface area contributed by atoms with Crippen molar-refractivity contribution in [2.24, 2.45) is 0 Å². The number of benzene rings is 2. The molecule has 7 heteroatoms. The second-order valence-corrected chi connectivity index (χ2v) is 5.55. The number of carbonyl (C=O) groups excluding carboxylic acids is 1. The van der Waals surface area contributed by atoms with Crippen molar-refractivity contribution in [3.63, 3.8) is 0 Å². The van der Waals surface area contributed by atoms with Crippen LogP contribution >= 0.6 is 0 Å². The fourth-order valence-electron chi connectivity index (χ4n) is 2.68. The van der Waals surface area contributed by atoms with E-state index in [0.717, 1.165) is 10.8 Å². The summed E-state index contributed by atoms with van der Waals surface area (Å²) >= 11 is 0. The predicted molar refractivity (Wildman–Crippen MR) is 98.9 cm³/mol. The van der Waals surface area contributed by atoms with E-state index in [1.807, 2.05) is 36.4 Å². The molecule has 0 aliphatic rings. The number of para-hydroxylation sites is 2. The van der Waals surface area contributed by atoms with Crippen molar-refractivity contribution in [3.05, 3.63) is 66.6 Å². The summed E-state index contributed by atoms with van der Waals surface area (Å²) in [6, 6.07) is 15.0. The number of nitrogens with one attached hydrogen (secondary N) is 1. The maximum absolute atomic E-state index is 12.2. The van der Waals surface area contributed by atoms with Crippen LogP contribution in [0.15, 0.2) is 60.8 Å². The number of hydrogen-bond donors (Lipinski definition) is 1.